The maximum Gasteiger partial charge on any atom is 0.251 e. The van der Waals surface area contributed by atoms with Gasteiger partial charge in [0.25, 0.3) is 5.91 Å². The minimum atomic E-state index is -0.449. The number of hydrogen-bond donors (Lipinski definition) is 2. The Balaban J connectivity index is 1.37. The molecule has 0 atom stereocenters. The minimum absolute atomic E-state index is 0.276. The smallest absolute Gasteiger partial charge is 0.251 e. The lowest BCUT2D eigenvalue weighted by Crippen LogP contribution is -2.22. The van der Waals surface area contributed by atoms with Crippen molar-refractivity contribution in [3.05, 3.63) is 113 Å². The number of amides is 1. The second kappa shape index (κ2) is 9.87. The van der Waals surface area contributed by atoms with E-state index in [1.807, 2.05) is 64.5 Å². The molecule has 9 heteroatoms. The van der Waals surface area contributed by atoms with Crippen LogP contribution in [0, 0.1) is 5.82 Å². The third-order valence-electron chi connectivity index (χ3n) is 6.14. The Morgan fingerprint density at radius 3 is 2.63 bits per heavy atom. The number of nitrogen functional groups attached to an aromatic ring is 1. The summed E-state index contributed by atoms with van der Waals surface area (Å²) in [6, 6.07) is 23.0. The summed E-state index contributed by atoms with van der Waals surface area (Å²) in [5.74, 6) is 0.218. The standard InChI is InChI=1S/C29H21FN6OS/c30-21-4-1-3-19(15-21)29(37)33-16-18-6-8-22(9-7-18)36-27(23-5-2-13-32-26(23)31)35-25-11-10-24(34-28(25)36)20-12-14-38-17-20/h1-15,17H,16H2,(H2,31,32)(H,33,37). The molecule has 0 aliphatic heterocycles. The van der Waals surface area contributed by atoms with E-state index in [1.54, 1.807) is 23.6 Å². The van der Waals surface area contributed by atoms with Gasteiger partial charge in [0.15, 0.2) is 11.5 Å². The third kappa shape index (κ3) is 4.51. The van der Waals surface area contributed by atoms with E-state index in [-0.39, 0.29) is 11.5 Å². The predicted molar refractivity (Wildman–Crippen MR) is 147 cm³/mol. The SMILES string of the molecule is Nc1ncccc1-c1nc2ccc(-c3ccsc3)nc2n1-c1ccc(CNC(=O)c2cccc(F)c2)cc1. The van der Waals surface area contributed by atoms with E-state index in [4.69, 9.17) is 15.7 Å². The van der Waals surface area contributed by atoms with Crippen LogP contribution in [0.4, 0.5) is 10.2 Å². The first-order valence-electron chi connectivity index (χ1n) is 11.8. The van der Waals surface area contributed by atoms with Crippen molar-refractivity contribution in [2.45, 2.75) is 6.54 Å². The van der Waals surface area contributed by atoms with Crippen LogP contribution in [0.5, 0.6) is 0 Å². The van der Waals surface area contributed by atoms with Crippen molar-refractivity contribution in [1.82, 2.24) is 24.8 Å². The maximum absolute atomic E-state index is 13.5. The van der Waals surface area contributed by atoms with Gasteiger partial charge in [-0.1, -0.05) is 18.2 Å². The van der Waals surface area contributed by atoms with E-state index >= 15 is 0 Å². The molecule has 4 aromatic heterocycles. The largest absolute Gasteiger partial charge is 0.383 e. The zero-order chi connectivity index (χ0) is 26.1. The fourth-order valence-corrected chi connectivity index (χ4v) is 4.89. The maximum atomic E-state index is 13.5. The van der Waals surface area contributed by atoms with E-state index < -0.39 is 5.82 Å². The number of anilines is 1. The van der Waals surface area contributed by atoms with E-state index in [2.05, 4.69) is 15.7 Å². The first kappa shape index (κ1) is 23.5. The molecule has 0 saturated carbocycles. The van der Waals surface area contributed by atoms with Gasteiger partial charge in [-0.2, -0.15) is 11.3 Å². The van der Waals surface area contributed by atoms with Crippen LogP contribution in [0.2, 0.25) is 0 Å². The molecule has 0 saturated heterocycles. The molecule has 0 bridgehead atoms. The van der Waals surface area contributed by atoms with Gasteiger partial charge in [-0.3, -0.25) is 9.36 Å². The molecule has 38 heavy (non-hydrogen) atoms. The first-order chi connectivity index (χ1) is 18.6. The number of nitrogens with zero attached hydrogens (tertiary/aromatic N) is 4. The van der Waals surface area contributed by atoms with Crippen LogP contribution < -0.4 is 11.1 Å². The van der Waals surface area contributed by atoms with Crippen LogP contribution in [0.25, 0.3) is 39.5 Å². The number of aromatic nitrogens is 4. The molecule has 0 unspecified atom stereocenters. The van der Waals surface area contributed by atoms with E-state index in [9.17, 15) is 9.18 Å². The van der Waals surface area contributed by atoms with Crippen LogP contribution in [-0.4, -0.2) is 25.4 Å². The summed E-state index contributed by atoms with van der Waals surface area (Å²) in [4.78, 5) is 26.5. The van der Waals surface area contributed by atoms with Gasteiger partial charge in [-0.25, -0.2) is 19.3 Å². The Hall–Kier alpha value is -4.89. The normalized spacial score (nSPS) is 11.1. The highest BCUT2D eigenvalue weighted by atomic mass is 32.1. The van der Waals surface area contributed by atoms with Crippen molar-refractivity contribution in [3.8, 4) is 28.3 Å². The molecule has 2 aromatic carbocycles. The zero-order valence-corrected chi connectivity index (χ0v) is 20.8. The molecule has 4 heterocycles. The molecule has 186 valence electrons. The first-order valence-corrected chi connectivity index (χ1v) is 12.8. The Kier molecular flexibility index (Phi) is 6.11. The lowest BCUT2D eigenvalue weighted by molar-refractivity contribution is 0.0950. The molecule has 0 aliphatic rings. The number of pyridine rings is 2. The molecule has 1 amide bonds. The van der Waals surface area contributed by atoms with Gasteiger partial charge in [0.1, 0.15) is 17.2 Å². The van der Waals surface area contributed by atoms with Gasteiger partial charge in [0.05, 0.1) is 11.3 Å². The van der Waals surface area contributed by atoms with Crippen molar-refractivity contribution < 1.29 is 9.18 Å². The molecule has 0 aliphatic carbocycles. The van der Waals surface area contributed by atoms with Crippen molar-refractivity contribution in [2.75, 3.05) is 5.73 Å². The number of fused-ring (bicyclic) bond motifs is 1. The zero-order valence-electron chi connectivity index (χ0n) is 20.0. The van der Waals surface area contributed by atoms with Crippen molar-refractivity contribution in [3.63, 3.8) is 0 Å². The van der Waals surface area contributed by atoms with Crippen molar-refractivity contribution in [2.24, 2.45) is 0 Å². The van der Waals surface area contributed by atoms with Gasteiger partial charge in [-0.15, -0.1) is 0 Å². The Morgan fingerprint density at radius 2 is 1.87 bits per heavy atom. The van der Waals surface area contributed by atoms with Crippen LogP contribution in [0.3, 0.4) is 0 Å². The summed E-state index contributed by atoms with van der Waals surface area (Å²) in [5, 5.41) is 6.91. The number of benzene rings is 2. The highest BCUT2D eigenvalue weighted by Crippen LogP contribution is 2.32. The average Bonchev–Trinajstić information content (AvgIpc) is 3.60. The second-order valence-electron chi connectivity index (χ2n) is 8.62. The summed E-state index contributed by atoms with van der Waals surface area (Å²) >= 11 is 1.62. The summed E-state index contributed by atoms with van der Waals surface area (Å²) in [6.07, 6.45) is 1.64. The Bertz CT molecular complexity index is 1760. The van der Waals surface area contributed by atoms with Gasteiger partial charge < -0.3 is 11.1 Å². The number of nitrogens with one attached hydrogen (secondary N) is 1. The number of thiophene rings is 1. The number of carbonyl (C=O) groups is 1. The van der Waals surface area contributed by atoms with Crippen molar-refractivity contribution >= 4 is 34.2 Å². The number of hydrogen-bond acceptors (Lipinski definition) is 6. The molecule has 0 spiro atoms. The van der Waals surface area contributed by atoms with Crippen LogP contribution in [0.1, 0.15) is 15.9 Å². The van der Waals surface area contributed by atoms with Gasteiger partial charge >= 0.3 is 0 Å². The lowest BCUT2D eigenvalue weighted by Gasteiger charge is -2.12. The molecule has 7 nitrogen and oxygen atoms in total. The number of carbonyl (C=O) groups excluding carboxylic acids is 1. The number of rotatable bonds is 6. The number of halogens is 1. The van der Waals surface area contributed by atoms with Gasteiger partial charge in [0.2, 0.25) is 0 Å². The second-order valence-corrected chi connectivity index (χ2v) is 9.40. The van der Waals surface area contributed by atoms with Gasteiger partial charge in [0, 0.05) is 34.9 Å². The molecule has 3 N–H and O–H groups in total. The third-order valence-corrected chi connectivity index (χ3v) is 6.82. The van der Waals surface area contributed by atoms with Crippen LogP contribution in [-0.2, 0) is 6.54 Å². The van der Waals surface area contributed by atoms with Gasteiger partial charge in [-0.05, 0) is 71.6 Å². The average molecular weight is 521 g/mol. The quantitative estimate of drug-likeness (QED) is 0.287. The van der Waals surface area contributed by atoms with Crippen molar-refractivity contribution in [1.29, 1.82) is 0 Å². The Morgan fingerprint density at radius 1 is 1.00 bits per heavy atom. The molecule has 6 rings (SSSR count). The molecule has 6 aromatic rings. The molecular formula is C29H21FN6OS. The van der Waals surface area contributed by atoms with E-state index in [0.29, 0.717) is 29.4 Å². The fraction of sp³-hybridized carbons (Fsp3) is 0.0345. The van der Waals surface area contributed by atoms with E-state index in [1.165, 1.54) is 18.2 Å². The van der Waals surface area contributed by atoms with Crippen LogP contribution in [0.15, 0.2) is 95.8 Å². The number of nitrogens with two attached hydrogens (primary N) is 1. The molecular weight excluding hydrogens is 499 g/mol. The highest BCUT2D eigenvalue weighted by Gasteiger charge is 2.19. The van der Waals surface area contributed by atoms with E-state index in [0.717, 1.165) is 28.0 Å². The van der Waals surface area contributed by atoms with Crippen LogP contribution >= 0.6 is 11.3 Å². The summed E-state index contributed by atoms with van der Waals surface area (Å²) < 4.78 is 15.4. The minimum Gasteiger partial charge on any atom is -0.383 e. The Labute approximate surface area is 221 Å². The summed E-state index contributed by atoms with van der Waals surface area (Å²) in [7, 11) is 0. The topological polar surface area (TPSA) is 98.7 Å². The number of imidazole rings is 1. The highest BCUT2D eigenvalue weighted by molar-refractivity contribution is 7.08. The predicted octanol–water partition coefficient (Wildman–Crippen LogP) is 5.86. The summed E-state index contributed by atoms with van der Waals surface area (Å²) in [6.45, 7) is 0.295. The summed E-state index contributed by atoms with van der Waals surface area (Å²) in [5.41, 5.74) is 12.2. The molecule has 0 radical (unpaired) electrons. The monoisotopic (exact) mass is 520 g/mol. The molecule has 0 fully saturated rings. The lowest BCUT2D eigenvalue weighted by atomic mass is 10.1. The fourth-order valence-electron chi connectivity index (χ4n) is 4.24.